The van der Waals surface area contributed by atoms with Crippen LogP contribution in [0.25, 0.3) is 6.08 Å². The van der Waals surface area contributed by atoms with Crippen LogP contribution in [0.15, 0.2) is 24.3 Å². The summed E-state index contributed by atoms with van der Waals surface area (Å²) in [6.07, 6.45) is 2.51. The van der Waals surface area contributed by atoms with E-state index in [0.29, 0.717) is 17.1 Å². The molecular weight excluding hydrogens is 224 g/mol. The molecule has 0 aromatic heterocycles. The van der Waals surface area contributed by atoms with Crippen LogP contribution < -0.4 is 9.47 Å². The molecule has 0 radical (unpaired) electrons. The lowest BCUT2D eigenvalue weighted by molar-refractivity contribution is -0.131. The Morgan fingerprint density at radius 3 is 2.76 bits per heavy atom. The molecule has 0 aliphatic heterocycles. The Bertz CT molecular complexity index is 411. The van der Waals surface area contributed by atoms with Gasteiger partial charge in [-0.05, 0) is 18.2 Å². The van der Waals surface area contributed by atoms with Crippen LogP contribution in [-0.2, 0) is 9.53 Å². The van der Waals surface area contributed by atoms with Crippen molar-refractivity contribution in [3.05, 3.63) is 29.8 Å². The van der Waals surface area contributed by atoms with Gasteiger partial charge in [0.2, 0.25) is 0 Å². The van der Waals surface area contributed by atoms with Crippen LogP contribution in [0.3, 0.4) is 0 Å². The average molecular weight is 238 g/mol. The van der Waals surface area contributed by atoms with Gasteiger partial charge in [0.25, 0.3) is 0 Å². The molecule has 0 atom stereocenters. The predicted octanol–water partition coefficient (Wildman–Crippen LogP) is 1.78. The second-order valence-electron chi connectivity index (χ2n) is 3.13. The fourth-order valence-electron chi connectivity index (χ4n) is 1.21. The molecule has 1 rings (SSSR count). The Balaban J connectivity index is 2.89. The summed E-state index contributed by atoms with van der Waals surface area (Å²) < 4.78 is 15.1. The highest BCUT2D eigenvalue weighted by Gasteiger charge is 2.03. The van der Waals surface area contributed by atoms with Gasteiger partial charge in [0.15, 0.2) is 6.79 Å². The molecule has 0 bridgehead atoms. The van der Waals surface area contributed by atoms with Crippen LogP contribution in [-0.4, -0.2) is 32.1 Å². The third kappa shape index (κ3) is 4.16. The van der Waals surface area contributed by atoms with Gasteiger partial charge in [-0.1, -0.05) is 0 Å². The maximum Gasteiger partial charge on any atom is 0.328 e. The van der Waals surface area contributed by atoms with Gasteiger partial charge in [-0.3, -0.25) is 0 Å². The van der Waals surface area contributed by atoms with E-state index in [9.17, 15) is 4.79 Å². The van der Waals surface area contributed by atoms with Crippen molar-refractivity contribution in [1.82, 2.24) is 0 Å². The number of aliphatic carboxylic acids is 1. The van der Waals surface area contributed by atoms with Crippen LogP contribution >= 0.6 is 0 Å². The van der Waals surface area contributed by atoms with Gasteiger partial charge in [-0.2, -0.15) is 0 Å². The average Bonchev–Trinajstić information content (AvgIpc) is 2.34. The normalized spacial score (nSPS) is 10.5. The molecule has 92 valence electrons. The van der Waals surface area contributed by atoms with E-state index < -0.39 is 5.97 Å². The molecule has 0 aliphatic carbocycles. The first-order valence-corrected chi connectivity index (χ1v) is 4.88. The summed E-state index contributed by atoms with van der Waals surface area (Å²) in [6, 6.07) is 5.09. The van der Waals surface area contributed by atoms with E-state index in [1.807, 2.05) is 0 Å². The van der Waals surface area contributed by atoms with Crippen LogP contribution in [0.2, 0.25) is 0 Å². The van der Waals surface area contributed by atoms with Gasteiger partial charge in [0.05, 0.1) is 7.11 Å². The van der Waals surface area contributed by atoms with Crippen molar-refractivity contribution in [2.75, 3.05) is 21.0 Å². The van der Waals surface area contributed by atoms with Gasteiger partial charge in [0, 0.05) is 24.8 Å². The zero-order valence-corrected chi connectivity index (χ0v) is 9.67. The minimum atomic E-state index is -1.01. The molecule has 1 N–H and O–H groups in total. The van der Waals surface area contributed by atoms with E-state index in [2.05, 4.69) is 0 Å². The Morgan fingerprint density at radius 1 is 1.41 bits per heavy atom. The Hall–Kier alpha value is -2.01. The summed E-state index contributed by atoms with van der Waals surface area (Å²) in [7, 11) is 3.04. The highest BCUT2D eigenvalue weighted by molar-refractivity contribution is 5.86. The second-order valence-corrected chi connectivity index (χ2v) is 3.13. The van der Waals surface area contributed by atoms with Gasteiger partial charge in [-0.25, -0.2) is 4.79 Å². The zero-order chi connectivity index (χ0) is 12.7. The molecule has 0 heterocycles. The summed E-state index contributed by atoms with van der Waals surface area (Å²) in [5, 5.41) is 8.54. The maximum absolute atomic E-state index is 10.4. The van der Waals surface area contributed by atoms with Crippen molar-refractivity contribution in [2.24, 2.45) is 0 Å². The van der Waals surface area contributed by atoms with Crippen molar-refractivity contribution in [3.8, 4) is 11.5 Å². The Morgan fingerprint density at radius 2 is 2.18 bits per heavy atom. The van der Waals surface area contributed by atoms with Gasteiger partial charge in [-0.15, -0.1) is 0 Å². The molecule has 1 aromatic rings. The number of hydrogen-bond acceptors (Lipinski definition) is 4. The monoisotopic (exact) mass is 238 g/mol. The Kier molecular flexibility index (Phi) is 5.03. The first-order chi connectivity index (χ1) is 8.17. The number of hydrogen-bond donors (Lipinski definition) is 1. The molecule has 5 nitrogen and oxygen atoms in total. The molecule has 0 amide bonds. The molecule has 0 fully saturated rings. The summed E-state index contributed by atoms with van der Waals surface area (Å²) >= 11 is 0. The summed E-state index contributed by atoms with van der Waals surface area (Å²) in [5.74, 6) is 0.124. The smallest absolute Gasteiger partial charge is 0.328 e. The molecular formula is C12H14O5. The number of carboxylic acids is 1. The van der Waals surface area contributed by atoms with E-state index in [1.165, 1.54) is 20.3 Å². The van der Waals surface area contributed by atoms with Crippen LogP contribution in [0.5, 0.6) is 11.5 Å². The first-order valence-electron chi connectivity index (χ1n) is 4.88. The van der Waals surface area contributed by atoms with Crippen LogP contribution in [0, 0.1) is 0 Å². The number of rotatable bonds is 6. The standard InChI is InChI=1S/C12H14O5/c1-15-8-17-10-5-3-9(4-6-12(13)14)11(7-10)16-2/h3-7H,8H2,1-2H3,(H,13,14). The maximum atomic E-state index is 10.4. The molecule has 0 aliphatic rings. The van der Waals surface area contributed by atoms with E-state index in [4.69, 9.17) is 19.3 Å². The predicted molar refractivity (Wildman–Crippen MR) is 62.2 cm³/mol. The number of methoxy groups -OCH3 is 2. The molecule has 17 heavy (non-hydrogen) atoms. The summed E-state index contributed by atoms with van der Waals surface area (Å²) in [6.45, 7) is 0.146. The van der Waals surface area contributed by atoms with E-state index in [0.717, 1.165) is 6.08 Å². The number of carbonyl (C=O) groups is 1. The molecule has 0 spiro atoms. The largest absolute Gasteiger partial charge is 0.496 e. The van der Waals surface area contributed by atoms with Crippen molar-refractivity contribution in [1.29, 1.82) is 0 Å². The molecule has 0 saturated heterocycles. The van der Waals surface area contributed by atoms with Gasteiger partial charge < -0.3 is 19.3 Å². The van der Waals surface area contributed by atoms with E-state index in [1.54, 1.807) is 18.2 Å². The quantitative estimate of drug-likeness (QED) is 0.604. The topological polar surface area (TPSA) is 65.0 Å². The lowest BCUT2D eigenvalue weighted by Gasteiger charge is -2.08. The highest BCUT2D eigenvalue weighted by atomic mass is 16.7. The van der Waals surface area contributed by atoms with Crippen LogP contribution in [0.1, 0.15) is 5.56 Å². The first kappa shape index (κ1) is 13.1. The fourth-order valence-corrected chi connectivity index (χ4v) is 1.21. The Labute approximate surface area is 99.2 Å². The number of ether oxygens (including phenoxy) is 3. The number of benzene rings is 1. The molecule has 1 aromatic carbocycles. The minimum absolute atomic E-state index is 0.146. The van der Waals surface area contributed by atoms with Crippen molar-refractivity contribution in [2.45, 2.75) is 0 Å². The van der Waals surface area contributed by atoms with Crippen molar-refractivity contribution in [3.63, 3.8) is 0 Å². The number of carboxylic acid groups (broad SMARTS) is 1. The van der Waals surface area contributed by atoms with E-state index in [-0.39, 0.29) is 6.79 Å². The lowest BCUT2D eigenvalue weighted by atomic mass is 10.2. The summed E-state index contributed by atoms with van der Waals surface area (Å²) in [4.78, 5) is 10.4. The second kappa shape index (κ2) is 6.55. The third-order valence-corrected chi connectivity index (χ3v) is 1.95. The third-order valence-electron chi connectivity index (χ3n) is 1.95. The van der Waals surface area contributed by atoms with Crippen LogP contribution in [0.4, 0.5) is 0 Å². The minimum Gasteiger partial charge on any atom is -0.496 e. The zero-order valence-electron chi connectivity index (χ0n) is 9.67. The van der Waals surface area contributed by atoms with E-state index >= 15 is 0 Å². The van der Waals surface area contributed by atoms with Crippen molar-refractivity contribution < 1.29 is 24.1 Å². The van der Waals surface area contributed by atoms with Gasteiger partial charge in [0.1, 0.15) is 11.5 Å². The summed E-state index contributed by atoms with van der Waals surface area (Å²) in [5.41, 5.74) is 0.666. The van der Waals surface area contributed by atoms with Gasteiger partial charge >= 0.3 is 5.97 Å². The molecule has 5 heteroatoms. The lowest BCUT2D eigenvalue weighted by Crippen LogP contribution is -1.99. The molecule has 0 saturated carbocycles. The fraction of sp³-hybridized carbons (Fsp3) is 0.250. The SMILES string of the molecule is COCOc1ccc(C=CC(=O)O)c(OC)c1. The van der Waals surface area contributed by atoms with Crippen molar-refractivity contribution >= 4 is 12.0 Å². The highest BCUT2D eigenvalue weighted by Crippen LogP contribution is 2.25. The molecule has 0 unspecified atom stereocenters.